The average Bonchev–Trinajstić information content (AvgIpc) is 2.38. The number of aliphatic hydroxyl groups excluding tert-OH is 1. The molecule has 0 aliphatic heterocycles. The Balaban J connectivity index is 3.30. The molecule has 0 bridgehead atoms. The predicted octanol–water partition coefficient (Wildman–Crippen LogP) is 1.69. The molecule has 0 fully saturated rings. The molecule has 19 heavy (non-hydrogen) atoms. The number of ether oxygens (including phenoxy) is 1. The molecular weight excluding hydrogens is 262 g/mol. The molecule has 0 rings (SSSR count). The van der Waals surface area contributed by atoms with E-state index >= 15 is 0 Å². The van der Waals surface area contributed by atoms with Gasteiger partial charge < -0.3 is 15.2 Å². The van der Waals surface area contributed by atoms with Crippen molar-refractivity contribution in [2.75, 3.05) is 32.6 Å². The van der Waals surface area contributed by atoms with Crippen molar-refractivity contribution in [3.05, 3.63) is 0 Å². The monoisotopic (exact) mass is 293 g/mol. The lowest BCUT2D eigenvalue weighted by atomic mass is 10.2. The zero-order valence-electron chi connectivity index (χ0n) is 12.7. The van der Waals surface area contributed by atoms with Crippen LogP contribution in [0.3, 0.4) is 0 Å². The summed E-state index contributed by atoms with van der Waals surface area (Å²) in [4.78, 5) is 0. The summed E-state index contributed by atoms with van der Waals surface area (Å²) >= 11 is 0. The predicted molar refractivity (Wildman–Crippen MR) is 82.0 cm³/mol. The van der Waals surface area contributed by atoms with Crippen LogP contribution >= 0.6 is 0 Å². The number of aliphatic hydroxyl groups is 1. The Hall–Kier alpha value is 0.0300. The van der Waals surface area contributed by atoms with E-state index in [4.69, 9.17) is 4.74 Å². The molecule has 3 atom stereocenters. The Morgan fingerprint density at radius 1 is 1.32 bits per heavy atom. The van der Waals surface area contributed by atoms with Crippen LogP contribution in [0.1, 0.15) is 46.0 Å². The standard InChI is InChI=1S/C14H31NO3S/c1-4-5-6-7-10-18-12-14(16)11-15-9-8-13(2)19(3)17/h13-16H,4-12H2,1-3H3. The summed E-state index contributed by atoms with van der Waals surface area (Å²) < 4.78 is 16.6. The van der Waals surface area contributed by atoms with Crippen LogP contribution in [0, 0.1) is 0 Å². The van der Waals surface area contributed by atoms with Gasteiger partial charge in [-0.2, -0.15) is 0 Å². The first-order valence-corrected chi connectivity index (χ1v) is 8.98. The molecule has 0 aromatic carbocycles. The van der Waals surface area contributed by atoms with Gasteiger partial charge in [-0.1, -0.05) is 33.1 Å². The highest BCUT2D eigenvalue weighted by Gasteiger charge is 2.07. The van der Waals surface area contributed by atoms with Crippen molar-refractivity contribution in [3.8, 4) is 0 Å². The van der Waals surface area contributed by atoms with Crippen LogP contribution in [-0.2, 0) is 15.5 Å². The van der Waals surface area contributed by atoms with Crippen LogP contribution in [-0.4, -0.2) is 53.2 Å². The molecule has 0 radical (unpaired) electrons. The van der Waals surface area contributed by atoms with E-state index in [1.54, 1.807) is 6.26 Å². The quantitative estimate of drug-likeness (QED) is 0.507. The first-order chi connectivity index (χ1) is 9.07. The second-order valence-corrected chi connectivity index (χ2v) is 6.89. The highest BCUT2D eigenvalue weighted by atomic mass is 32.2. The van der Waals surface area contributed by atoms with Crippen LogP contribution in [0.4, 0.5) is 0 Å². The Labute approximate surface area is 120 Å². The van der Waals surface area contributed by atoms with Gasteiger partial charge >= 0.3 is 0 Å². The number of hydrogen-bond donors (Lipinski definition) is 2. The van der Waals surface area contributed by atoms with E-state index in [1.165, 1.54) is 19.3 Å². The SMILES string of the molecule is CCCCCCOCC(O)CNCCC(C)S(C)=O. The normalized spacial score (nSPS) is 16.2. The van der Waals surface area contributed by atoms with Crippen LogP contribution in [0.25, 0.3) is 0 Å². The van der Waals surface area contributed by atoms with Crippen LogP contribution in [0.15, 0.2) is 0 Å². The molecule has 0 aliphatic rings. The molecule has 116 valence electrons. The second kappa shape index (κ2) is 13.0. The third-order valence-electron chi connectivity index (χ3n) is 3.13. The Morgan fingerprint density at radius 2 is 2.05 bits per heavy atom. The summed E-state index contributed by atoms with van der Waals surface area (Å²) in [7, 11) is -0.761. The smallest absolute Gasteiger partial charge is 0.0897 e. The lowest BCUT2D eigenvalue weighted by Gasteiger charge is -2.13. The van der Waals surface area contributed by atoms with Crippen molar-refractivity contribution in [1.82, 2.24) is 5.32 Å². The minimum Gasteiger partial charge on any atom is -0.389 e. The van der Waals surface area contributed by atoms with Crippen molar-refractivity contribution < 1.29 is 14.1 Å². The second-order valence-electron chi connectivity index (χ2n) is 5.09. The van der Waals surface area contributed by atoms with Gasteiger partial charge in [0.15, 0.2) is 0 Å². The van der Waals surface area contributed by atoms with E-state index in [2.05, 4.69) is 12.2 Å². The summed E-state index contributed by atoms with van der Waals surface area (Å²) in [5, 5.41) is 13.1. The fraction of sp³-hybridized carbons (Fsp3) is 1.00. The average molecular weight is 293 g/mol. The molecular formula is C14H31NO3S. The topological polar surface area (TPSA) is 58.6 Å². The maximum atomic E-state index is 11.1. The maximum absolute atomic E-state index is 11.1. The van der Waals surface area contributed by atoms with Gasteiger partial charge in [0.2, 0.25) is 0 Å². The number of rotatable bonds is 13. The summed E-state index contributed by atoms with van der Waals surface area (Å²) in [6.45, 7) is 6.63. The van der Waals surface area contributed by atoms with Crippen molar-refractivity contribution in [1.29, 1.82) is 0 Å². The molecule has 0 aromatic rings. The number of unbranched alkanes of at least 4 members (excludes halogenated alkanes) is 3. The van der Waals surface area contributed by atoms with Gasteiger partial charge in [-0.25, -0.2) is 0 Å². The van der Waals surface area contributed by atoms with Gasteiger partial charge in [-0.05, 0) is 19.4 Å². The molecule has 0 amide bonds. The third-order valence-corrected chi connectivity index (χ3v) is 4.50. The third kappa shape index (κ3) is 12.8. The van der Waals surface area contributed by atoms with Crippen LogP contribution < -0.4 is 5.32 Å². The van der Waals surface area contributed by atoms with Gasteiger partial charge in [0, 0.05) is 35.5 Å². The number of nitrogens with one attached hydrogen (secondary N) is 1. The first kappa shape index (κ1) is 19.0. The van der Waals surface area contributed by atoms with Crippen LogP contribution in [0.2, 0.25) is 0 Å². The van der Waals surface area contributed by atoms with Crippen molar-refractivity contribution in [3.63, 3.8) is 0 Å². The van der Waals surface area contributed by atoms with Gasteiger partial charge in [-0.3, -0.25) is 4.21 Å². The lowest BCUT2D eigenvalue weighted by Crippen LogP contribution is -2.32. The molecule has 0 aliphatic carbocycles. The van der Waals surface area contributed by atoms with Crippen molar-refractivity contribution in [2.45, 2.75) is 57.3 Å². The molecule has 4 nitrogen and oxygen atoms in total. The molecule has 3 unspecified atom stereocenters. The fourth-order valence-electron chi connectivity index (χ4n) is 1.65. The van der Waals surface area contributed by atoms with E-state index in [-0.39, 0.29) is 5.25 Å². The summed E-state index contributed by atoms with van der Waals surface area (Å²) in [6.07, 6.45) is 6.91. The van der Waals surface area contributed by atoms with E-state index in [1.807, 2.05) is 6.92 Å². The summed E-state index contributed by atoms with van der Waals surface area (Å²) in [6, 6.07) is 0. The minimum absolute atomic E-state index is 0.208. The largest absolute Gasteiger partial charge is 0.389 e. The molecule has 0 heterocycles. The van der Waals surface area contributed by atoms with Gasteiger partial charge in [0.1, 0.15) is 0 Å². The molecule has 0 spiro atoms. The Morgan fingerprint density at radius 3 is 2.68 bits per heavy atom. The molecule has 0 aromatic heterocycles. The lowest BCUT2D eigenvalue weighted by molar-refractivity contribution is 0.0355. The summed E-state index contributed by atoms with van der Waals surface area (Å²) in [5.41, 5.74) is 0. The highest BCUT2D eigenvalue weighted by Crippen LogP contribution is 1.99. The molecule has 0 saturated carbocycles. The van der Waals surface area contributed by atoms with Gasteiger partial charge in [0.05, 0.1) is 12.7 Å². The van der Waals surface area contributed by atoms with E-state index in [0.29, 0.717) is 13.2 Å². The van der Waals surface area contributed by atoms with Crippen molar-refractivity contribution in [2.24, 2.45) is 0 Å². The fourth-order valence-corrected chi connectivity index (χ4v) is 2.10. The van der Waals surface area contributed by atoms with Gasteiger partial charge in [-0.15, -0.1) is 0 Å². The first-order valence-electron chi connectivity index (χ1n) is 7.36. The van der Waals surface area contributed by atoms with E-state index in [0.717, 1.165) is 26.0 Å². The van der Waals surface area contributed by atoms with E-state index < -0.39 is 16.9 Å². The Bertz CT molecular complexity index is 227. The maximum Gasteiger partial charge on any atom is 0.0897 e. The number of hydrogen-bond acceptors (Lipinski definition) is 4. The minimum atomic E-state index is -0.761. The van der Waals surface area contributed by atoms with E-state index in [9.17, 15) is 9.32 Å². The molecule has 5 heteroatoms. The molecule has 2 N–H and O–H groups in total. The Kier molecular flexibility index (Phi) is 13.1. The zero-order valence-corrected chi connectivity index (χ0v) is 13.5. The summed E-state index contributed by atoms with van der Waals surface area (Å²) in [5.74, 6) is 0. The highest BCUT2D eigenvalue weighted by molar-refractivity contribution is 7.84. The molecule has 0 saturated heterocycles. The van der Waals surface area contributed by atoms with Gasteiger partial charge in [0.25, 0.3) is 0 Å². The van der Waals surface area contributed by atoms with Crippen LogP contribution in [0.5, 0.6) is 0 Å². The zero-order chi connectivity index (χ0) is 14.5. The van der Waals surface area contributed by atoms with Crippen molar-refractivity contribution >= 4 is 10.8 Å².